The van der Waals surface area contributed by atoms with Gasteiger partial charge in [0.25, 0.3) is 0 Å². The number of pyridine rings is 1. The lowest BCUT2D eigenvalue weighted by Crippen LogP contribution is -2.41. The van der Waals surface area contributed by atoms with E-state index in [0.717, 1.165) is 16.7 Å². The molecule has 0 radical (unpaired) electrons. The second kappa shape index (κ2) is 6.50. The predicted octanol–water partition coefficient (Wildman–Crippen LogP) is 1.81. The summed E-state index contributed by atoms with van der Waals surface area (Å²) < 4.78 is 12.2. The zero-order valence-electron chi connectivity index (χ0n) is 14.0. The smallest absolute Gasteiger partial charge is 0.400 e. The number of aliphatic hydroxyl groups excluding tert-OH is 1. The molecule has 0 unspecified atom stereocenters. The van der Waals surface area contributed by atoms with Gasteiger partial charge in [0.1, 0.15) is 0 Å². The van der Waals surface area contributed by atoms with Gasteiger partial charge in [-0.3, -0.25) is 4.98 Å². The summed E-state index contributed by atoms with van der Waals surface area (Å²) in [6.45, 7) is 8.79. The van der Waals surface area contributed by atoms with Gasteiger partial charge in [-0.25, -0.2) is 0 Å². The Kier molecular flexibility index (Phi) is 5.07. The maximum atomic E-state index is 9.24. The van der Waals surface area contributed by atoms with Crippen molar-refractivity contribution in [3.8, 4) is 0 Å². The first-order valence-electron chi connectivity index (χ1n) is 7.55. The van der Waals surface area contributed by atoms with Crippen LogP contribution in [-0.2, 0) is 15.9 Å². The molecule has 5 nitrogen and oxygen atoms in total. The highest BCUT2D eigenvalue weighted by atomic mass is 16.7. The first kappa shape index (κ1) is 17.2. The van der Waals surface area contributed by atoms with Gasteiger partial charge in [0.2, 0.25) is 0 Å². The number of rotatable bonds is 5. The molecule has 0 aromatic carbocycles. The molecule has 1 saturated heterocycles. The Bertz CT molecular complexity index is 542. The summed E-state index contributed by atoms with van der Waals surface area (Å²) in [7, 11) is 1.48. The number of likely N-dealkylation sites (N-methyl/N-ethyl adjacent to an activating group) is 1. The average molecular weight is 304 g/mol. The first-order chi connectivity index (χ1) is 10.3. The fourth-order valence-corrected chi connectivity index (χ4v) is 2.26. The van der Waals surface area contributed by atoms with Crippen molar-refractivity contribution in [2.24, 2.45) is 0 Å². The van der Waals surface area contributed by atoms with E-state index < -0.39 is 7.12 Å². The minimum absolute atomic E-state index is 0.00120. The number of aromatic nitrogens is 1. The largest absolute Gasteiger partial charge is 0.491 e. The topological polar surface area (TPSA) is 63.6 Å². The fraction of sp³-hybridized carbons (Fsp3) is 0.562. The van der Waals surface area contributed by atoms with Crippen LogP contribution in [0.25, 0.3) is 6.08 Å². The summed E-state index contributed by atoms with van der Waals surface area (Å²) in [5.74, 6) is 0. The second-order valence-corrected chi connectivity index (χ2v) is 6.58. The predicted molar refractivity (Wildman–Crippen MR) is 88.1 cm³/mol. The summed E-state index contributed by atoms with van der Waals surface area (Å²) in [6.07, 6.45) is 3.65. The van der Waals surface area contributed by atoms with Crippen LogP contribution in [0.2, 0.25) is 0 Å². The van der Waals surface area contributed by atoms with Crippen LogP contribution in [0.3, 0.4) is 0 Å². The van der Waals surface area contributed by atoms with Gasteiger partial charge in [-0.15, -0.1) is 0 Å². The lowest BCUT2D eigenvalue weighted by atomic mass is 9.77. The molecule has 1 aliphatic rings. The van der Waals surface area contributed by atoms with Gasteiger partial charge in [0.15, 0.2) is 0 Å². The van der Waals surface area contributed by atoms with E-state index in [1.54, 1.807) is 12.3 Å². The highest BCUT2D eigenvalue weighted by molar-refractivity contribution is 6.55. The summed E-state index contributed by atoms with van der Waals surface area (Å²) >= 11 is 0. The van der Waals surface area contributed by atoms with Crippen LogP contribution in [0.15, 0.2) is 23.8 Å². The van der Waals surface area contributed by atoms with E-state index in [-0.39, 0.29) is 17.8 Å². The molecule has 1 aromatic rings. The van der Waals surface area contributed by atoms with Crippen molar-refractivity contribution < 1.29 is 14.4 Å². The monoisotopic (exact) mass is 304 g/mol. The van der Waals surface area contributed by atoms with Crippen molar-refractivity contribution in [2.45, 2.75) is 45.5 Å². The Morgan fingerprint density at radius 1 is 1.32 bits per heavy atom. The van der Waals surface area contributed by atoms with Crippen LogP contribution in [-0.4, -0.2) is 42.0 Å². The Morgan fingerprint density at radius 2 is 1.95 bits per heavy atom. The van der Waals surface area contributed by atoms with E-state index in [0.29, 0.717) is 6.54 Å². The molecule has 120 valence electrons. The van der Waals surface area contributed by atoms with Gasteiger partial charge < -0.3 is 19.7 Å². The van der Waals surface area contributed by atoms with Gasteiger partial charge in [-0.05, 0) is 64.0 Å². The maximum Gasteiger partial charge on any atom is 0.491 e. The molecule has 1 aliphatic heterocycles. The lowest BCUT2D eigenvalue weighted by molar-refractivity contribution is 0.00578. The Balaban J connectivity index is 2.29. The molecule has 2 N–H and O–H groups in total. The van der Waals surface area contributed by atoms with Crippen molar-refractivity contribution in [1.29, 1.82) is 0 Å². The van der Waals surface area contributed by atoms with E-state index in [1.807, 2.05) is 46.9 Å². The minimum Gasteiger partial charge on any atom is -0.400 e. The molecule has 1 fully saturated rings. The summed E-state index contributed by atoms with van der Waals surface area (Å²) in [5.41, 5.74) is 1.85. The van der Waals surface area contributed by atoms with Gasteiger partial charge in [0.05, 0.1) is 23.5 Å². The average Bonchev–Trinajstić information content (AvgIpc) is 2.67. The van der Waals surface area contributed by atoms with Crippen LogP contribution in [0.1, 0.15) is 39.0 Å². The first-order valence-corrected chi connectivity index (χ1v) is 7.55. The molecule has 0 bridgehead atoms. The van der Waals surface area contributed by atoms with Crippen molar-refractivity contribution in [1.82, 2.24) is 10.3 Å². The van der Waals surface area contributed by atoms with Crippen molar-refractivity contribution in [2.75, 3.05) is 13.6 Å². The molecular weight excluding hydrogens is 279 g/mol. The number of nitrogens with zero attached hydrogens (tertiary/aromatic N) is 1. The van der Waals surface area contributed by atoms with Crippen LogP contribution < -0.4 is 5.32 Å². The highest BCUT2D eigenvalue weighted by Gasteiger charge is 2.52. The third-order valence-electron chi connectivity index (χ3n) is 4.30. The highest BCUT2D eigenvalue weighted by Crippen LogP contribution is 2.38. The Hall–Kier alpha value is -1.21. The quantitative estimate of drug-likeness (QED) is 0.812. The summed E-state index contributed by atoms with van der Waals surface area (Å²) in [4.78, 5) is 4.33. The normalized spacial score (nSPS) is 20.5. The molecule has 2 heterocycles. The third-order valence-corrected chi connectivity index (χ3v) is 4.30. The van der Waals surface area contributed by atoms with Crippen LogP contribution in [0.4, 0.5) is 0 Å². The molecule has 0 spiro atoms. The van der Waals surface area contributed by atoms with Gasteiger partial charge >= 0.3 is 7.12 Å². The molecule has 0 atom stereocenters. The molecule has 1 aromatic heterocycles. The number of aliphatic hydroxyl groups is 1. The minimum atomic E-state index is -0.406. The molecule has 0 amide bonds. The molecule has 6 heteroatoms. The fourth-order valence-electron chi connectivity index (χ4n) is 2.26. The van der Waals surface area contributed by atoms with Crippen molar-refractivity contribution in [3.63, 3.8) is 0 Å². The standard InChI is InChI=1S/C16H25BN2O3/c1-15(2)16(3,4)22-17(21-15)13(10-18-5)9-14-8-12(11-20)6-7-19-14/h6-9,18,20H,10-11H2,1-5H3. The third kappa shape index (κ3) is 3.58. The molecule has 2 rings (SSSR count). The van der Waals surface area contributed by atoms with E-state index in [2.05, 4.69) is 10.3 Å². The zero-order chi connectivity index (χ0) is 16.4. The van der Waals surface area contributed by atoms with Gasteiger partial charge in [-0.1, -0.05) is 0 Å². The molecule has 22 heavy (non-hydrogen) atoms. The van der Waals surface area contributed by atoms with Gasteiger partial charge in [-0.2, -0.15) is 0 Å². The van der Waals surface area contributed by atoms with Crippen LogP contribution in [0.5, 0.6) is 0 Å². The van der Waals surface area contributed by atoms with E-state index in [1.165, 1.54) is 0 Å². The van der Waals surface area contributed by atoms with Crippen LogP contribution in [0, 0.1) is 0 Å². The van der Waals surface area contributed by atoms with Crippen molar-refractivity contribution >= 4 is 13.2 Å². The lowest BCUT2D eigenvalue weighted by Gasteiger charge is -2.32. The Morgan fingerprint density at radius 3 is 2.50 bits per heavy atom. The SMILES string of the molecule is CNCC(=Cc1cc(CO)ccn1)B1OC(C)(C)C(C)(C)O1. The Labute approximate surface area is 132 Å². The van der Waals surface area contributed by atoms with Crippen molar-refractivity contribution in [3.05, 3.63) is 35.1 Å². The second-order valence-electron chi connectivity index (χ2n) is 6.58. The molecule has 0 aliphatic carbocycles. The van der Waals surface area contributed by atoms with E-state index in [4.69, 9.17) is 9.31 Å². The zero-order valence-corrected chi connectivity index (χ0v) is 14.0. The number of nitrogens with one attached hydrogen (secondary N) is 1. The molecular formula is C16H25BN2O3. The van der Waals surface area contributed by atoms with E-state index >= 15 is 0 Å². The van der Waals surface area contributed by atoms with E-state index in [9.17, 15) is 5.11 Å². The number of hydrogen-bond donors (Lipinski definition) is 2. The summed E-state index contributed by atoms with van der Waals surface area (Å²) in [6, 6.07) is 3.66. The van der Waals surface area contributed by atoms with Gasteiger partial charge in [0, 0.05) is 12.7 Å². The maximum absolute atomic E-state index is 9.24. The number of hydrogen-bond acceptors (Lipinski definition) is 5. The summed E-state index contributed by atoms with van der Waals surface area (Å²) in [5, 5.41) is 12.4. The van der Waals surface area contributed by atoms with Crippen LogP contribution >= 0.6 is 0 Å². The molecule has 0 saturated carbocycles.